The first-order chi connectivity index (χ1) is 6.96. The van der Waals surface area contributed by atoms with Gasteiger partial charge in [0.15, 0.2) is 8.24 Å². The van der Waals surface area contributed by atoms with Crippen LogP contribution in [0.5, 0.6) is 0 Å². The van der Waals surface area contributed by atoms with Crippen LogP contribution in [-0.4, -0.2) is 25.3 Å². The zero-order valence-corrected chi connectivity index (χ0v) is 10.9. The van der Waals surface area contributed by atoms with Crippen LogP contribution in [0.25, 0.3) is 0 Å². The van der Waals surface area contributed by atoms with Crippen LogP contribution in [0.4, 0.5) is 0 Å². The predicted molar refractivity (Wildman–Crippen MR) is 66.5 cm³/mol. The zero-order chi connectivity index (χ0) is 11.5. The minimum atomic E-state index is -1.55. The van der Waals surface area contributed by atoms with Crippen LogP contribution >= 0.6 is 0 Å². The zero-order valence-electron chi connectivity index (χ0n) is 9.95. The fourth-order valence-corrected chi connectivity index (χ4v) is 3.35. The van der Waals surface area contributed by atoms with Gasteiger partial charge in [-0.2, -0.15) is 0 Å². The third-order valence-electron chi connectivity index (χ3n) is 2.39. The van der Waals surface area contributed by atoms with Crippen molar-refractivity contribution in [3.8, 4) is 0 Å². The molecular formula is C12H19NOSi. The molecule has 0 unspecified atom stereocenters. The second kappa shape index (κ2) is 4.62. The highest BCUT2D eigenvalue weighted by molar-refractivity contribution is 6.75. The maximum Gasteiger partial charge on any atom is 0.245 e. The topological polar surface area (TPSA) is 20.3 Å². The van der Waals surface area contributed by atoms with Crippen LogP contribution in [0.1, 0.15) is 17.3 Å². The Hall–Kier alpha value is -1.09. The summed E-state index contributed by atoms with van der Waals surface area (Å²) in [6, 6.07) is 9.51. The van der Waals surface area contributed by atoms with E-state index in [1.807, 2.05) is 41.8 Å². The van der Waals surface area contributed by atoms with Crippen molar-refractivity contribution < 1.29 is 4.79 Å². The summed E-state index contributed by atoms with van der Waals surface area (Å²) >= 11 is 0. The fraction of sp³-hybridized carbons (Fsp3) is 0.417. The Labute approximate surface area is 93.0 Å². The van der Waals surface area contributed by atoms with Gasteiger partial charge >= 0.3 is 0 Å². The molecule has 0 aromatic heterocycles. The highest BCUT2D eigenvalue weighted by Gasteiger charge is 2.27. The molecule has 0 aliphatic heterocycles. The van der Waals surface area contributed by atoms with Gasteiger partial charge in [-0.25, -0.2) is 0 Å². The van der Waals surface area contributed by atoms with E-state index in [2.05, 4.69) is 19.6 Å². The van der Waals surface area contributed by atoms with Gasteiger partial charge in [0.05, 0.1) is 0 Å². The van der Waals surface area contributed by atoms with E-state index in [0.29, 0.717) is 0 Å². The lowest BCUT2D eigenvalue weighted by Gasteiger charge is -2.33. The number of rotatable bonds is 3. The Bertz CT molecular complexity index is 329. The first-order valence-corrected chi connectivity index (χ1v) is 8.78. The van der Waals surface area contributed by atoms with Gasteiger partial charge < -0.3 is 4.57 Å². The highest BCUT2D eigenvalue weighted by Crippen LogP contribution is 2.13. The van der Waals surface area contributed by atoms with Crippen LogP contribution in [0, 0.1) is 0 Å². The molecule has 82 valence electrons. The van der Waals surface area contributed by atoms with Crippen molar-refractivity contribution in [3.05, 3.63) is 35.9 Å². The molecule has 0 aliphatic carbocycles. The maximum atomic E-state index is 12.2. The smallest absolute Gasteiger partial charge is 0.245 e. The maximum absolute atomic E-state index is 12.2. The molecular weight excluding hydrogens is 202 g/mol. The molecule has 0 atom stereocenters. The Morgan fingerprint density at radius 3 is 2.13 bits per heavy atom. The summed E-state index contributed by atoms with van der Waals surface area (Å²) in [7, 11) is -1.55. The van der Waals surface area contributed by atoms with Crippen molar-refractivity contribution in [2.24, 2.45) is 0 Å². The minimum Gasteiger partial charge on any atom is -0.366 e. The Kier molecular flexibility index (Phi) is 3.69. The molecule has 0 aliphatic rings. The predicted octanol–water partition coefficient (Wildman–Crippen LogP) is 2.98. The van der Waals surface area contributed by atoms with E-state index >= 15 is 0 Å². The van der Waals surface area contributed by atoms with Gasteiger partial charge in [-0.05, 0) is 19.1 Å². The lowest BCUT2D eigenvalue weighted by Crippen LogP contribution is -2.49. The number of benzene rings is 1. The van der Waals surface area contributed by atoms with Crippen LogP contribution < -0.4 is 0 Å². The Morgan fingerprint density at radius 1 is 1.20 bits per heavy atom. The second-order valence-corrected chi connectivity index (χ2v) is 9.47. The van der Waals surface area contributed by atoms with Gasteiger partial charge in [0.2, 0.25) is 5.91 Å². The quantitative estimate of drug-likeness (QED) is 0.719. The normalized spacial score (nSPS) is 11.2. The van der Waals surface area contributed by atoms with E-state index in [4.69, 9.17) is 0 Å². The van der Waals surface area contributed by atoms with Gasteiger partial charge in [0.25, 0.3) is 0 Å². The Balaban J connectivity index is 2.93. The summed E-state index contributed by atoms with van der Waals surface area (Å²) in [6.45, 7) is 9.41. The van der Waals surface area contributed by atoms with Crippen LogP contribution in [-0.2, 0) is 0 Å². The van der Waals surface area contributed by atoms with E-state index in [-0.39, 0.29) is 5.91 Å². The Morgan fingerprint density at radius 2 is 1.73 bits per heavy atom. The third kappa shape index (κ3) is 2.93. The van der Waals surface area contributed by atoms with E-state index < -0.39 is 8.24 Å². The molecule has 0 saturated heterocycles. The van der Waals surface area contributed by atoms with Gasteiger partial charge in [0, 0.05) is 12.1 Å². The molecule has 0 N–H and O–H groups in total. The second-order valence-electron chi connectivity index (χ2n) is 4.59. The van der Waals surface area contributed by atoms with Crippen molar-refractivity contribution in [1.29, 1.82) is 0 Å². The van der Waals surface area contributed by atoms with Gasteiger partial charge in [-0.15, -0.1) is 0 Å². The van der Waals surface area contributed by atoms with E-state index in [0.717, 1.165) is 12.1 Å². The molecule has 1 amide bonds. The molecule has 0 bridgehead atoms. The average Bonchev–Trinajstić information content (AvgIpc) is 2.18. The molecule has 0 heterocycles. The summed E-state index contributed by atoms with van der Waals surface area (Å²) in [5.74, 6) is 0.164. The summed E-state index contributed by atoms with van der Waals surface area (Å²) in [5, 5.41) is 0. The lowest BCUT2D eigenvalue weighted by atomic mass is 10.2. The summed E-state index contributed by atoms with van der Waals surface area (Å²) in [4.78, 5) is 12.2. The van der Waals surface area contributed by atoms with Crippen molar-refractivity contribution >= 4 is 14.1 Å². The molecule has 15 heavy (non-hydrogen) atoms. The number of carbonyl (C=O) groups is 1. The summed E-state index contributed by atoms with van der Waals surface area (Å²) < 4.78 is 2.02. The number of hydrogen-bond donors (Lipinski definition) is 0. The monoisotopic (exact) mass is 221 g/mol. The molecule has 0 fully saturated rings. The highest BCUT2D eigenvalue weighted by atomic mass is 28.3. The van der Waals surface area contributed by atoms with Gasteiger partial charge in [-0.3, -0.25) is 4.79 Å². The largest absolute Gasteiger partial charge is 0.366 e. The van der Waals surface area contributed by atoms with Gasteiger partial charge in [-0.1, -0.05) is 37.8 Å². The third-order valence-corrected chi connectivity index (χ3v) is 4.53. The summed E-state index contributed by atoms with van der Waals surface area (Å²) in [6.07, 6.45) is 0. The summed E-state index contributed by atoms with van der Waals surface area (Å²) in [5.41, 5.74) is 0.793. The fourth-order valence-electron chi connectivity index (χ4n) is 1.66. The van der Waals surface area contributed by atoms with Crippen LogP contribution in [0.15, 0.2) is 30.3 Å². The van der Waals surface area contributed by atoms with Crippen molar-refractivity contribution in [3.63, 3.8) is 0 Å². The standard InChI is InChI=1S/C12H19NOSi/c1-5-13(15(2,3)4)12(14)11-9-7-6-8-10-11/h6-10H,5H2,1-4H3. The van der Waals surface area contributed by atoms with Gasteiger partial charge in [0.1, 0.15) is 0 Å². The van der Waals surface area contributed by atoms with Crippen molar-refractivity contribution in [2.75, 3.05) is 6.54 Å². The van der Waals surface area contributed by atoms with Crippen LogP contribution in [0.2, 0.25) is 19.6 Å². The van der Waals surface area contributed by atoms with Crippen molar-refractivity contribution in [2.45, 2.75) is 26.6 Å². The van der Waals surface area contributed by atoms with Crippen molar-refractivity contribution in [1.82, 2.24) is 4.57 Å². The van der Waals surface area contributed by atoms with E-state index in [1.165, 1.54) is 0 Å². The number of carbonyl (C=O) groups excluding carboxylic acids is 1. The first-order valence-electron chi connectivity index (χ1n) is 5.34. The SMILES string of the molecule is CCN(C(=O)c1ccccc1)[Si](C)(C)C. The number of hydrogen-bond acceptors (Lipinski definition) is 1. The lowest BCUT2D eigenvalue weighted by molar-refractivity contribution is 0.0856. The van der Waals surface area contributed by atoms with E-state index in [9.17, 15) is 4.79 Å². The molecule has 1 aromatic carbocycles. The number of nitrogens with zero attached hydrogens (tertiary/aromatic N) is 1. The molecule has 0 spiro atoms. The minimum absolute atomic E-state index is 0.164. The molecule has 3 heteroatoms. The average molecular weight is 221 g/mol. The number of amides is 1. The first kappa shape index (κ1) is 12.0. The molecule has 1 rings (SSSR count). The molecule has 0 radical (unpaired) electrons. The molecule has 0 saturated carbocycles. The molecule has 1 aromatic rings. The molecule has 2 nitrogen and oxygen atoms in total. The van der Waals surface area contributed by atoms with Crippen LogP contribution in [0.3, 0.4) is 0 Å². The van der Waals surface area contributed by atoms with E-state index in [1.54, 1.807) is 0 Å².